The van der Waals surface area contributed by atoms with E-state index in [1.54, 1.807) is 34.9 Å². The first-order valence-electron chi connectivity index (χ1n) is 10.3. The molecular weight excluding hydrogens is 397 g/mol. The molecule has 2 heterocycles. The van der Waals surface area contributed by atoms with Gasteiger partial charge < -0.3 is 14.4 Å². The topological polar surface area (TPSA) is 68.5 Å². The van der Waals surface area contributed by atoms with E-state index in [9.17, 15) is 19.1 Å². The lowest BCUT2D eigenvalue weighted by Crippen LogP contribution is -2.31. The quantitative estimate of drug-likeness (QED) is 0.631. The van der Waals surface area contributed by atoms with Gasteiger partial charge in [-0.05, 0) is 55.1 Å². The normalized spacial score (nSPS) is 19.3. The number of aromatic nitrogens is 1. The highest BCUT2D eigenvalue weighted by Crippen LogP contribution is 2.33. The summed E-state index contributed by atoms with van der Waals surface area (Å²) in [7, 11) is 0. The predicted octanol–water partition coefficient (Wildman–Crippen LogP) is 4.47. The van der Waals surface area contributed by atoms with Gasteiger partial charge in [0, 0.05) is 23.4 Å². The highest BCUT2D eigenvalue weighted by molar-refractivity contribution is 5.99. The van der Waals surface area contributed by atoms with Gasteiger partial charge in [-0.1, -0.05) is 30.3 Å². The molecular formula is C25H24FNO4. The Hall–Kier alpha value is -3.25. The number of fused-ring (bicyclic) bond motifs is 1. The van der Waals surface area contributed by atoms with Crippen molar-refractivity contribution in [1.82, 2.24) is 4.57 Å². The summed E-state index contributed by atoms with van der Waals surface area (Å²) in [6.07, 6.45) is 2.42. The summed E-state index contributed by atoms with van der Waals surface area (Å²) >= 11 is 0. The Balaban J connectivity index is 1.97. The second-order valence-electron chi connectivity index (χ2n) is 8.06. The summed E-state index contributed by atoms with van der Waals surface area (Å²) in [5.41, 5.74) is 2.08. The third-order valence-electron chi connectivity index (χ3n) is 5.47. The zero-order valence-electron chi connectivity index (χ0n) is 17.4. The number of hydrogen-bond donors (Lipinski definition) is 1. The second kappa shape index (κ2) is 8.47. The number of hydrogen-bond acceptors (Lipinski definition) is 4. The molecule has 3 aromatic rings. The van der Waals surface area contributed by atoms with Crippen LogP contribution >= 0.6 is 0 Å². The van der Waals surface area contributed by atoms with E-state index in [0.29, 0.717) is 17.5 Å². The maximum absolute atomic E-state index is 13.6. The largest absolute Gasteiger partial charge is 0.458 e. The number of carbonyl (C=O) groups excluding carboxylic acids is 1. The maximum Gasteiger partial charge on any atom is 0.309 e. The SMILES string of the molecule is CC(C)n1c(/C=C/C2CC(O)CC(=O)O2)c(-c2ccc(F)cc2)c2ccccc2c1=O. The molecule has 0 radical (unpaired) electrons. The van der Waals surface area contributed by atoms with Crippen molar-refractivity contribution in [2.24, 2.45) is 0 Å². The van der Waals surface area contributed by atoms with Crippen LogP contribution in [-0.2, 0) is 9.53 Å². The molecule has 1 aliphatic rings. The molecule has 1 aliphatic heterocycles. The van der Waals surface area contributed by atoms with Crippen LogP contribution in [0.3, 0.4) is 0 Å². The van der Waals surface area contributed by atoms with E-state index in [0.717, 1.165) is 16.5 Å². The summed E-state index contributed by atoms with van der Waals surface area (Å²) < 4.78 is 20.6. The fraction of sp³-hybridized carbons (Fsp3) is 0.280. The Kier molecular flexibility index (Phi) is 5.74. The van der Waals surface area contributed by atoms with Crippen molar-refractivity contribution in [3.05, 3.63) is 76.5 Å². The van der Waals surface area contributed by atoms with E-state index in [1.165, 1.54) is 12.1 Å². The second-order valence-corrected chi connectivity index (χ2v) is 8.06. The van der Waals surface area contributed by atoms with Crippen LogP contribution in [0.15, 0.2) is 59.4 Å². The Morgan fingerprint density at radius 2 is 1.77 bits per heavy atom. The van der Waals surface area contributed by atoms with E-state index in [1.807, 2.05) is 32.0 Å². The monoisotopic (exact) mass is 421 g/mol. The van der Waals surface area contributed by atoms with Crippen LogP contribution in [0.25, 0.3) is 28.0 Å². The molecule has 0 aliphatic carbocycles. The van der Waals surface area contributed by atoms with Gasteiger partial charge in [-0.15, -0.1) is 0 Å². The number of pyridine rings is 1. The molecule has 1 N–H and O–H groups in total. The number of aliphatic hydroxyl groups is 1. The van der Waals surface area contributed by atoms with Gasteiger partial charge >= 0.3 is 5.97 Å². The lowest BCUT2D eigenvalue weighted by atomic mass is 9.95. The summed E-state index contributed by atoms with van der Waals surface area (Å²) in [5, 5.41) is 11.2. The Labute approximate surface area is 179 Å². The molecule has 2 unspecified atom stereocenters. The zero-order valence-corrected chi connectivity index (χ0v) is 17.4. The van der Waals surface area contributed by atoms with E-state index in [-0.39, 0.29) is 23.8 Å². The van der Waals surface area contributed by atoms with Gasteiger partial charge in [0.25, 0.3) is 5.56 Å². The summed E-state index contributed by atoms with van der Waals surface area (Å²) in [4.78, 5) is 25.0. The molecule has 1 aromatic heterocycles. The number of halogens is 1. The standard InChI is InChI=1S/C25H24FNO4/c1-15(2)27-22(12-11-19-13-18(28)14-23(29)31-19)24(16-7-9-17(26)10-8-16)20-5-3-4-6-21(20)25(27)30/h3-12,15,18-19,28H,13-14H2,1-2H3/b12-11+. The molecule has 4 rings (SSSR count). The van der Waals surface area contributed by atoms with Crippen molar-refractivity contribution in [2.75, 3.05) is 0 Å². The molecule has 5 nitrogen and oxygen atoms in total. The number of rotatable bonds is 4. The minimum Gasteiger partial charge on any atom is -0.458 e. The molecule has 2 aromatic carbocycles. The van der Waals surface area contributed by atoms with Crippen molar-refractivity contribution in [3.8, 4) is 11.1 Å². The maximum atomic E-state index is 13.6. The first kappa shape index (κ1) is 21.0. The van der Waals surface area contributed by atoms with Gasteiger partial charge in [-0.25, -0.2) is 4.39 Å². The van der Waals surface area contributed by atoms with Gasteiger partial charge in [-0.2, -0.15) is 0 Å². The number of cyclic esters (lactones) is 1. The van der Waals surface area contributed by atoms with Gasteiger partial charge in [-0.3, -0.25) is 9.59 Å². The van der Waals surface area contributed by atoms with Crippen LogP contribution in [0.2, 0.25) is 0 Å². The van der Waals surface area contributed by atoms with Crippen molar-refractivity contribution in [1.29, 1.82) is 0 Å². The number of carbonyl (C=O) groups is 1. The fourth-order valence-corrected chi connectivity index (χ4v) is 4.11. The van der Waals surface area contributed by atoms with Crippen LogP contribution in [0, 0.1) is 5.82 Å². The highest BCUT2D eigenvalue weighted by atomic mass is 19.1. The Bertz CT molecular complexity index is 1210. The van der Waals surface area contributed by atoms with Crippen LogP contribution in [-0.4, -0.2) is 27.9 Å². The van der Waals surface area contributed by atoms with E-state index < -0.39 is 18.2 Å². The number of benzene rings is 2. The molecule has 0 saturated carbocycles. The average molecular weight is 421 g/mol. The third-order valence-corrected chi connectivity index (χ3v) is 5.47. The number of esters is 1. The van der Waals surface area contributed by atoms with E-state index in [2.05, 4.69) is 0 Å². The third kappa shape index (κ3) is 4.16. The summed E-state index contributed by atoms with van der Waals surface area (Å²) in [6, 6.07) is 13.4. The minimum atomic E-state index is -0.753. The lowest BCUT2D eigenvalue weighted by molar-refractivity contribution is -0.156. The molecule has 1 fully saturated rings. The summed E-state index contributed by atoms with van der Waals surface area (Å²) in [6.45, 7) is 3.85. The lowest BCUT2D eigenvalue weighted by Gasteiger charge is -2.24. The fourth-order valence-electron chi connectivity index (χ4n) is 4.11. The highest BCUT2D eigenvalue weighted by Gasteiger charge is 2.26. The minimum absolute atomic E-state index is 0.0160. The smallest absolute Gasteiger partial charge is 0.309 e. The first-order valence-corrected chi connectivity index (χ1v) is 10.3. The average Bonchev–Trinajstić information content (AvgIpc) is 2.72. The van der Waals surface area contributed by atoms with E-state index >= 15 is 0 Å². The van der Waals surface area contributed by atoms with Gasteiger partial charge in [0.15, 0.2) is 0 Å². The molecule has 0 amide bonds. The van der Waals surface area contributed by atoms with Gasteiger partial charge in [0.1, 0.15) is 11.9 Å². The molecule has 6 heteroatoms. The molecule has 160 valence electrons. The van der Waals surface area contributed by atoms with Crippen molar-refractivity contribution < 1.29 is 19.0 Å². The summed E-state index contributed by atoms with van der Waals surface area (Å²) in [5.74, 6) is -0.794. The molecule has 2 atom stereocenters. The molecule has 31 heavy (non-hydrogen) atoms. The number of nitrogens with zero attached hydrogens (tertiary/aromatic N) is 1. The molecule has 1 saturated heterocycles. The van der Waals surface area contributed by atoms with Crippen LogP contribution in [0.1, 0.15) is 38.4 Å². The van der Waals surface area contributed by atoms with Crippen LogP contribution < -0.4 is 5.56 Å². The predicted molar refractivity (Wildman–Crippen MR) is 118 cm³/mol. The Morgan fingerprint density at radius 3 is 2.42 bits per heavy atom. The first-order chi connectivity index (χ1) is 14.8. The van der Waals surface area contributed by atoms with Gasteiger partial charge in [0.2, 0.25) is 0 Å². The van der Waals surface area contributed by atoms with Crippen molar-refractivity contribution >= 4 is 22.8 Å². The van der Waals surface area contributed by atoms with E-state index in [4.69, 9.17) is 4.74 Å². The van der Waals surface area contributed by atoms with Crippen molar-refractivity contribution in [3.63, 3.8) is 0 Å². The van der Waals surface area contributed by atoms with Crippen molar-refractivity contribution in [2.45, 2.75) is 44.9 Å². The Morgan fingerprint density at radius 1 is 1.10 bits per heavy atom. The van der Waals surface area contributed by atoms with Gasteiger partial charge in [0.05, 0.1) is 18.2 Å². The number of aliphatic hydroxyl groups excluding tert-OH is 1. The zero-order chi connectivity index (χ0) is 22.1. The molecule has 0 bridgehead atoms. The number of ether oxygens (including phenoxy) is 1. The molecule has 0 spiro atoms. The van der Waals surface area contributed by atoms with Crippen LogP contribution in [0.5, 0.6) is 0 Å². The van der Waals surface area contributed by atoms with Crippen LogP contribution in [0.4, 0.5) is 4.39 Å².